The maximum absolute atomic E-state index is 12.1. The molecule has 1 saturated heterocycles. The fraction of sp³-hybridized carbons (Fsp3) is 0.600. The number of rotatable bonds is 5. The Morgan fingerprint density at radius 1 is 1.40 bits per heavy atom. The first kappa shape index (κ1) is 14.8. The molecule has 0 unspecified atom stereocenters. The molecule has 5 heteroatoms. The number of piperidine rings is 1. The molecule has 0 spiro atoms. The number of nitrogens with one attached hydrogen (secondary N) is 2. The highest BCUT2D eigenvalue weighted by Gasteiger charge is 2.17. The highest BCUT2D eigenvalue weighted by Crippen LogP contribution is 2.15. The van der Waals surface area contributed by atoms with Crippen LogP contribution >= 0.6 is 0 Å². The van der Waals surface area contributed by atoms with E-state index >= 15 is 0 Å². The minimum absolute atomic E-state index is 0.0799. The van der Waals surface area contributed by atoms with Gasteiger partial charge in [-0.1, -0.05) is 6.07 Å². The topological polar surface area (TPSA) is 57.3 Å². The van der Waals surface area contributed by atoms with Gasteiger partial charge in [0.25, 0.3) is 5.91 Å². The molecule has 0 atom stereocenters. The molecule has 1 aliphatic heterocycles. The Morgan fingerprint density at radius 3 is 2.85 bits per heavy atom. The third kappa shape index (κ3) is 4.20. The van der Waals surface area contributed by atoms with Crippen LogP contribution in [0.5, 0.6) is 0 Å². The summed E-state index contributed by atoms with van der Waals surface area (Å²) in [5.41, 5.74) is 0.483. The second-order valence-corrected chi connectivity index (χ2v) is 5.40. The number of carbonyl (C=O) groups excluding carboxylic acids is 1. The fourth-order valence-corrected chi connectivity index (χ4v) is 2.43. The van der Waals surface area contributed by atoms with Gasteiger partial charge in [0.1, 0.15) is 11.5 Å². The highest BCUT2D eigenvalue weighted by atomic mass is 16.1. The van der Waals surface area contributed by atoms with Gasteiger partial charge < -0.3 is 15.5 Å². The number of carbonyl (C=O) groups is 1. The van der Waals surface area contributed by atoms with Gasteiger partial charge in [0.05, 0.1) is 0 Å². The first-order valence-electron chi connectivity index (χ1n) is 7.36. The second-order valence-electron chi connectivity index (χ2n) is 5.40. The first-order chi connectivity index (χ1) is 9.69. The van der Waals surface area contributed by atoms with Gasteiger partial charge in [-0.05, 0) is 58.0 Å². The van der Waals surface area contributed by atoms with Crippen LogP contribution in [0.25, 0.3) is 0 Å². The second kappa shape index (κ2) is 7.24. The molecular weight excluding hydrogens is 252 g/mol. The Balaban J connectivity index is 1.83. The summed E-state index contributed by atoms with van der Waals surface area (Å²) in [5, 5.41) is 6.12. The monoisotopic (exact) mass is 276 g/mol. The molecule has 0 aliphatic carbocycles. The van der Waals surface area contributed by atoms with Crippen molar-refractivity contribution in [3.8, 4) is 0 Å². The lowest BCUT2D eigenvalue weighted by Gasteiger charge is -2.28. The minimum Gasteiger partial charge on any atom is -0.370 e. The third-order valence-electron chi connectivity index (χ3n) is 3.73. The van der Waals surface area contributed by atoms with Gasteiger partial charge >= 0.3 is 0 Å². The van der Waals surface area contributed by atoms with Crippen LogP contribution in [0.4, 0.5) is 5.82 Å². The van der Waals surface area contributed by atoms with Crippen molar-refractivity contribution < 1.29 is 4.79 Å². The molecule has 0 radical (unpaired) electrons. The van der Waals surface area contributed by atoms with E-state index in [2.05, 4.69) is 27.6 Å². The Kier molecular flexibility index (Phi) is 5.35. The molecule has 0 saturated carbocycles. The summed E-state index contributed by atoms with van der Waals surface area (Å²) in [6.07, 6.45) is 2.31. The highest BCUT2D eigenvalue weighted by molar-refractivity contribution is 5.92. The Hall–Kier alpha value is -1.62. The predicted octanol–water partition coefficient (Wildman–Crippen LogP) is 1.58. The van der Waals surface area contributed by atoms with E-state index in [0.717, 1.165) is 44.8 Å². The van der Waals surface area contributed by atoms with Crippen molar-refractivity contribution in [2.24, 2.45) is 5.92 Å². The zero-order chi connectivity index (χ0) is 14.4. The SMILES string of the molecule is CCNc1cccc(C(=O)NCC2CCN(C)CC2)n1. The van der Waals surface area contributed by atoms with Gasteiger partial charge in [0, 0.05) is 13.1 Å². The molecule has 2 N–H and O–H groups in total. The van der Waals surface area contributed by atoms with Gasteiger partial charge in [-0.15, -0.1) is 0 Å². The van der Waals surface area contributed by atoms with Gasteiger partial charge in [-0.25, -0.2) is 4.98 Å². The largest absolute Gasteiger partial charge is 0.370 e. The van der Waals surface area contributed by atoms with Crippen molar-refractivity contribution in [3.05, 3.63) is 23.9 Å². The quantitative estimate of drug-likeness (QED) is 0.857. The van der Waals surface area contributed by atoms with E-state index in [1.165, 1.54) is 0 Å². The molecule has 1 amide bonds. The molecule has 0 aromatic carbocycles. The van der Waals surface area contributed by atoms with Crippen LogP contribution in [0.3, 0.4) is 0 Å². The van der Waals surface area contributed by atoms with Crippen LogP contribution in [-0.2, 0) is 0 Å². The average Bonchev–Trinajstić information content (AvgIpc) is 2.47. The molecule has 5 nitrogen and oxygen atoms in total. The zero-order valence-corrected chi connectivity index (χ0v) is 12.4. The van der Waals surface area contributed by atoms with E-state index in [1.807, 2.05) is 19.1 Å². The normalized spacial score (nSPS) is 16.9. The van der Waals surface area contributed by atoms with Crippen LogP contribution in [0.15, 0.2) is 18.2 Å². The standard InChI is InChI=1S/C15H24N4O/c1-3-16-14-6-4-5-13(18-14)15(20)17-11-12-7-9-19(2)10-8-12/h4-6,12H,3,7-11H2,1-2H3,(H,16,18)(H,17,20). The number of pyridine rings is 1. The van der Waals surface area contributed by atoms with Gasteiger partial charge in [0.2, 0.25) is 0 Å². The van der Waals surface area contributed by atoms with Crippen molar-refractivity contribution in [1.29, 1.82) is 0 Å². The van der Waals surface area contributed by atoms with Crippen molar-refractivity contribution in [2.45, 2.75) is 19.8 Å². The van der Waals surface area contributed by atoms with E-state index in [0.29, 0.717) is 11.6 Å². The summed E-state index contributed by atoms with van der Waals surface area (Å²) >= 11 is 0. The van der Waals surface area contributed by atoms with Crippen LogP contribution < -0.4 is 10.6 Å². The van der Waals surface area contributed by atoms with Crippen molar-refractivity contribution >= 4 is 11.7 Å². The van der Waals surface area contributed by atoms with E-state index in [1.54, 1.807) is 6.07 Å². The van der Waals surface area contributed by atoms with Crippen LogP contribution in [-0.4, -0.2) is 49.0 Å². The fourth-order valence-electron chi connectivity index (χ4n) is 2.43. The summed E-state index contributed by atoms with van der Waals surface area (Å²) in [6, 6.07) is 5.48. The van der Waals surface area contributed by atoms with Gasteiger partial charge in [-0.3, -0.25) is 4.79 Å². The van der Waals surface area contributed by atoms with E-state index in [4.69, 9.17) is 0 Å². The molecule has 0 bridgehead atoms. The number of likely N-dealkylation sites (tertiary alicyclic amines) is 1. The summed E-state index contributed by atoms with van der Waals surface area (Å²) in [7, 11) is 2.14. The van der Waals surface area contributed by atoms with Crippen LogP contribution in [0.1, 0.15) is 30.3 Å². The van der Waals surface area contributed by atoms with E-state index in [9.17, 15) is 4.79 Å². The van der Waals surface area contributed by atoms with E-state index in [-0.39, 0.29) is 5.91 Å². The van der Waals surface area contributed by atoms with Crippen molar-refractivity contribution in [1.82, 2.24) is 15.2 Å². The number of nitrogens with zero attached hydrogens (tertiary/aromatic N) is 2. The zero-order valence-electron chi connectivity index (χ0n) is 12.4. The minimum atomic E-state index is -0.0799. The lowest BCUT2D eigenvalue weighted by molar-refractivity contribution is 0.0934. The molecule has 110 valence electrons. The molecule has 1 fully saturated rings. The lowest BCUT2D eigenvalue weighted by Crippen LogP contribution is -2.37. The molecule has 1 aliphatic rings. The summed E-state index contributed by atoms with van der Waals surface area (Å²) < 4.78 is 0. The summed E-state index contributed by atoms with van der Waals surface area (Å²) in [5.74, 6) is 1.26. The first-order valence-corrected chi connectivity index (χ1v) is 7.36. The predicted molar refractivity (Wildman–Crippen MR) is 81.0 cm³/mol. The number of anilines is 1. The summed E-state index contributed by atoms with van der Waals surface area (Å²) in [4.78, 5) is 18.7. The molecule has 20 heavy (non-hydrogen) atoms. The maximum atomic E-state index is 12.1. The Morgan fingerprint density at radius 2 is 2.15 bits per heavy atom. The lowest BCUT2D eigenvalue weighted by atomic mass is 9.97. The molecular formula is C15H24N4O. The number of amides is 1. The van der Waals surface area contributed by atoms with Crippen molar-refractivity contribution in [2.75, 3.05) is 38.5 Å². The van der Waals surface area contributed by atoms with Gasteiger partial charge in [-0.2, -0.15) is 0 Å². The van der Waals surface area contributed by atoms with Gasteiger partial charge in [0.15, 0.2) is 0 Å². The number of aromatic nitrogens is 1. The number of hydrogen-bond acceptors (Lipinski definition) is 4. The maximum Gasteiger partial charge on any atom is 0.269 e. The van der Waals surface area contributed by atoms with Crippen LogP contribution in [0, 0.1) is 5.92 Å². The molecule has 2 rings (SSSR count). The number of hydrogen-bond donors (Lipinski definition) is 2. The molecule has 1 aromatic rings. The summed E-state index contributed by atoms with van der Waals surface area (Å²) in [6.45, 7) is 5.80. The Labute approximate surface area is 120 Å². The molecule has 2 heterocycles. The van der Waals surface area contributed by atoms with Crippen LogP contribution in [0.2, 0.25) is 0 Å². The molecule has 1 aromatic heterocycles. The Bertz CT molecular complexity index is 441. The van der Waals surface area contributed by atoms with E-state index < -0.39 is 0 Å². The third-order valence-corrected chi connectivity index (χ3v) is 3.73. The smallest absolute Gasteiger partial charge is 0.269 e. The average molecular weight is 276 g/mol. The van der Waals surface area contributed by atoms with Crippen molar-refractivity contribution in [3.63, 3.8) is 0 Å².